The summed E-state index contributed by atoms with van der Waals surface area (Å²) in [5.74, 6) is 0.190. The first-order valence-corrected chi connectivity index (χ1v) is 5.84. The summed E-state index contributed by atoms with van der Waals surface area (Å²) in [6.07, 6.45) is 4.37. The van der Waals surface area contributed by atoms with Crippen LogP contribution in [0.15, 0.2) is 6.20 Å². The summed E-state index contributed by atoms with van der Waals surface area (Å²) in [5.41, 5.74) is 6.15. The number of amides is 1. The SMILES string of the molecule is Cn1ncc(C(=O)NC2CCC(O)CC2)c1N. The number of aromatic nitrogens is 2. The Kier molecular flexibility index (Phi) is 3.33. The third-order valence-corrected chi connectivity index (χ3v) is 3.26. The highest BCUT2D eigenvalue weighted by Crippen LogP contribution is 2.19. The van der Waals surface area contributed by atoms with Crippen LogP contribution in [0.4, 0.5) is 5.82 Å². The van der Waals surface area contributed by atoms with Gasteiger partial charge in [-0.3, -0.25) is 9.48 Å². The predicted molar refractivity (Wildman–Crippen MR) is 63.3 cm³/mol. The van der Waals surface area contributed by atoms with Crippen LogP contribution in [0.2, 0.25) is 0 Å². The maximum absolute atomic E-state index is 11.9. The van der Waals surface area contributed by atoms with Crippen molar-refractivity contribution in [1.29, 1.82) is 0 Å². The first kappa shape index (κ1) is 11.9. The standard InChI is InChI=1S/C11H18N4O2/c1-15-10(12)9(6-13-15)11(17)14-7-2-4-8(16)5-3-7/h6-8,16H,2-5,12H2,1H3,(H,14,17). The van der Waals surface area contributed by atoms with Crippen LogP contribution >= 0.6 is 0 Å². The van der Waals surface area contributed by atoms with Gasteiger partial charge in [0, 0.05) is 13.1 Å². The van der Waals surface area contributed by atoms with E-state index in [1.54, 1.807) is 7.05 Å². The summed E-state index contributed by atoms with van der Waals surface area (Å²) >= 11 is 0. The highest BCUT2D eigenvalue weighted by molar-refractivity contribution is 5.98. The molecule has 0 radical (unpaired) electrons. The van der Waals surface area contributed by atoms with Crippen LogP contribution in [0.25, 0.3) is 0 Å². The smallest absolute Gasteiger partial charge is 0.256 e. The van der Waals surface area contributed by atoms with Gasteiger partial charge < -0.3 is 16.2 Å². The molecular weight excluding hydrogens is 220 g/mol. The Morgan fingerprint density at radius 3 is 2.71 bits per heavy atom. The Labute approximate surface area is 99.8 Å². The fourth-order valence-electron chi connectivity index (χ4n) is 2.11. The number of nitrogens with two attached hydrogens (primary N) is 1. The summed E-state index contributed by atoms with van der Waals surface area (Å²) in [6, 6.07) is 0.130. The molecule has 6 heteroatoms. The minimum atomic E-state index is -0.216. The third-order valence-electron chi connectivity index (χ3n) is 3.26. The summed E-state index contributed by atoms with van der Waals surface area (Å²) in [5, 5.41) is 16.2. The van der Waals surface area contributed by atoms with E-state index in [0.717, 1.165) is 25.7 Å². The van der Waals surface area contributed by atoms with E-state index >= 15 is 0 Å². The lowest BCUT2D eigenvalue weighted by molar-refractivity contribution is 0.0868. The summed E-state index contributed by atoms with van der Waals surface area (Å²) in [6.45, 7) is 0. The van der Waals surface area contributed by atoms with Gasteiger partial charge >= 0.3 is 0 Å². The van der Waals surface area contributed by atoms with Crippen LogP contribution in [0.1, 0.15) is 36.0 Å². The minimum Gasteiger partial charge on any atom is -0.393 e. The zero-order valence-electron chi connectivity index (χ0n) is 9.89. The molecule has 1 aromatic rings. The Bertz CT molecular complexity index is 408. The van der Waals surface area contributed by atoms with E-state index in [0.29, 0.717) is 11.4 Å². The largest absolute Gasteiger partial charge is 0.393 e. The number of aryl methyl sites for hydroxylation is 1. The van der Waals surface area contributed by atoms with Crippen molar-refractivity contribution in [2.24, 2.45) is 7.05 Å². The first-order chi connectivity index (χ1) is 8.08. The van der Waals surface area contributed by atoms with E-state index < -0.39 is 0 Å². The number of nitrogen functional groups attached to an aromatic ring is 1. The third kappa shape index (κ3) is 2.58. The zero-order chi connectivity index (χ0) is 12.4. The van der Waals surface area contributed by atoms with Crippen LogP contribution in [-0.2, 0) is 7.05 Å². The molecule has 0 bridgehead atoms. The molecule has 0 atom stereocenters. The topological polar surface area (TPSA) is 93.2 Å². The van der Waals surface area contributed by atoms with Gasteiger partial charge in [0.2, 0.25) is 0 Å². The molecule has 0 aromatic carbocycles. The lowest BCUT2D eigenvalue weighted by atomic mass is 9.93. The molecule has 1 aliphatic rings. The second-order valence-corrected chi connectivity index (χ2v) is 4.55. The predicted octanol–water partition coefficient (Wildman–Crippen LogP) is 0.0356. The molecule has 0 unspecified atom stereocenters. The van der Waals surface area contributed by atoms with Crippen LogP contribution in [0.5, 0.6) is 0 Å². The molecule has 0 spiro atoms. The van der Waals surface area contributed by atoms with Crippen molar-refractivity contribution in [3.8, 4) is 0 Å². The number of nitrogens with zero attached hydrogens (tertiary/aromatic N) is 2. The van der Waals surface area contributed by atoms with Crippen molar-refractivity contribution in [3.63, 3.8) is 0 Å². The fraction of sp³-hybridized carbons (Fsp3) is 0.636. The molecule has 1 aromatic heterocycles. The van der Waals surface area contributed by atoms with E-state index in [9.17, 15) is 9.90 Å². The van der Waals surface area contributed by atoms with Gasteiger partial charge in [-0.15, -0.1) is 0 Å². The molecular formula is C11H18N4O2. The van der Waals surface area contributed by atoms with Gasteiger partial charge in [0.05, 0.1) is 12.3 Å². The van der Waals surface area contributed by atoms with Crippen molar-refractivity contribution in [1.82, 2.24) is 15.1 Å². The quantitative estimate of drug-likeness (QED) is 0.678. The van der Waals surface area contributed by atoms with Crippen molar-refractivity contribution >= 4 is 11.7 Å². The lowest BCUT2D eigenvalue weighted by Crippen LogP contribution is -2.38. The molecule has 1 aliphatic carbocycles. The van der Waals surface area contributed by atoms with Gasteiger partial charge in [-0.25, -0.2) is 0 Å². The molecule has 1 fully saturated rings. The van der Waals surface area contributed by atoms with Gasteiger partial charge in [-0.05, 0) is 25.7 Å². The van der Waals surface area contributed by atoms with Crippen LogP contribution in [0.3, 0.4) is 0 Å². The van der Waals surface area contributed by atoms with Gasteiger partial charge in [0.25, 0.3) is 5.91 Å². The van der Waals surface area contributed by atoms with E-state index in [2.05, 4.69) is 10.4 Å². The number of rotatable bonds is 2. The van der Waals surface area contributed by atoms with Crippen molar-refractivity contribution in [2.45, 2.75) is 37.8 Å². The van der Waals surface area contributed by atoms with Gasteiger partial charge in [0.1, 0.15) is 11.4 Å². The van der Waals surface area contributed by atoms with E-state index in [1.165, 1.54) is 10.9 Å². The average molecular weight is 238 g/mol. The maximum atomic E-state index is 11.9. The average Bonchev–Trinajstić information content (AvgIpc) is 2.63. The van der Waals surface area contributed by atoms with Gasteiger partial charge in [0.15, 0.2) is 0 Å². The molecule has 2 rings (SSSR count). The molecule has 0 saturated heterocycles. The Hall–Kier alpha value is -1.56. The van der Waals surface area contributed by atoms with Crippen LogP contribution in [-0.4, -0.2) is 32.9 Å². The number of hydrogen-bond acceptors (Lipinski definition) is 4. The number of hydrogen-bond donors (Lipinski definition) is 3. The molecule has 4 N–H and O–H groups in total. The number of aliphatic hydroxyl groups excluding tert-OH is 1. The molecule has 6 nitrogen and oxygen atoms in total. The van der Waals surface area contributed by atoms with Crippen LogP contribution < -0.4 is 11.1 Å². The Morgan fingerprint density at radius 1 is 1.53 bits per heavy atom. The number of nitrogens with one attached hydrogen (secondary N) is 1. The van der Waals surface area contributed by atoms with Crippen molar-refractivity contribution in [2.75, 3.05) is 5.73 Å². The summed E-state index contributed by atoms with van der Waals surface area (Å²) < 4.78 is 1.47. The summed E-state index contributed by atoms with van der Waals surface area (Å²) in [7, 11) is 1.70. The summed E-state index contributed by atoms with van der Waals surface area (Å²) in [4.78, 5) is 11.9. The zero-order valence-corrected chi connectivity index (χ0v) is 9.89. The second-order valence-electron chi connectivity index (χ2n) is 4.55. The molecule has 1 heterocycles. The number of anilines is 1. The molecule has 17 heavy (non-hydrogen) atoms. The Morgan fingerprint density at radius 2 is 2.18 bits per heavy atom. The van der Waals surface area contributed by atoms with Gasteiger partial charge in [-0.2, -0.15) is 5.10 Å². The lowest BCUT2D eigenvalue weighted by Gasteiger charge is -2.26. The fourth-order valence-corrected chi connectivity index (χ4v) is 2.11. The molecule has 94 valence electrons. The van der Waals surface area contributed by atoms with E-state index in [4.69, 9.17) is 5.73 Å². The number of carbonyl (C=O) groups is 1. The van der Waals surface area contributed by atoms with E-state index in [1.807, 2.05) is 0 Å². The Balaban J connectivity index is 1.95. The van der Waals surface area contributed by atoms with Crippen LogP contribution in [0, 0.1) is 0 Å². The highest BCUT2D eigenvalue weighted by atomic mass is 16.3. The monoisotopic (exact) mass is 238 g/mol. The highest BCUT2D eigenvalue weighted by Gasteiger charge is 2.22. The number of carbonyl (C=O) groups excluding carboxylic acids is 1. The van der Waals surface area contributed by atoms with Crippen molar-refractivity contribution in [3.05, 3.63) is 11.8 Å². The van der Waals surface area contributed by atoms with Gasteiger partial charge in [-0.1, -0.05) is 0 Å². The first-order valence-electron chi connectivity index (χ1n) is 5.84. The van der Waals surface area contributed by atoms with E-state index in [-0.39, 0.29) is 18.1 Å². The molecule has 0 aliphatic heterocycles. The second kappa shape index (κ2) is 4.75. The number of aliphatic hydroxyl groups is 1. The van der Waals surface area contributed by atoms with Crippen molar-refractivity contribution < 1.29 is 9.90 Å². The maximum Gasteiger partial charge on any atom is 0.256 e. The molecule has 1 amide bonds. The molecule has 1 saturated carbocycles. The minimum absolute atomic E-state index is 0.130. The normalized spacial score (nSPS) is 24.6.